The molecule has 0 saturated carbocycles. The quantitative estimate of drug-likeness (QED) is 0.405. The van der Waals surface area contributed by atoms with Gasteiger partial charge in [-0.2, -0.15) is 0 Å². The molecule has 5 heteroatoms. The van der Waals surface area contributed by atoms with Gasteiger partial charge in [-0.1, -0.05) is 6.07 Å². The molecule has 0 fully saturated rings. The molecule has 0 saturated heterocycles. The van der Waals surface area contributed by atoms with E-state index in [1.165, 1.54) is 4.57 Å². The Balaban J connectivity index is 2.05. The number of hydrogen-bond donors (Lipinski definition) is 0. The van der Waals surface area contributed by atoms with Gasteiger partial charge in [0.05, 0.1) is 30.1 Å². The SMILES string of the molecule is [2H]C([2H])([2H])n1c2[n+](c3c1c1cccnc1n3C)Cc1cccnc1-2. The van der Waals surface area contributed by atoms with Crippen LogP contribution >= 0.6 is 0 Å². The summed E-state index contributed by atoms with van der Waals surface area (Å²) >= 11 is 0. The average Bonchev–Trinajstić information content (AvgIpc) is 3.15. The first-order valence-corrected chi connectivity index (χ1v) is 6.81. The van der Waals surface area contributed by atoms with Crippen molar-refractivity contribution in [2.45, 2.75) is 6.54 Å². The summed E-state index contributed by atoms with van der Waals surface area (Å²) in [4.78, 5) is 8.87. The maximum atomic E-state index is 8.09. The second-order valence-corrected chi connectivity index (χ2v) is 5.36. The van der Waals surface area contributed by atoms with E-state index in [1.54, 1.807) is 12.4 Å². The Kier molecular flexibility index (Phi) is 1.42. The molecule has 0 spiro atoms. The lowest BCUT2D eigenvalue weighted by atomic mass is 10.2. The van der Waals surface area contributed by atoms with Crippen molar-refractivity contribution in [2.24, 2.45) is 14.0 Å². The summed E-state index contributed by atoms with van der Waals surface area (Å²) in [6, 6.07) is 7.62. The summed E-state index contributed by atoms with van der Waals surface area (Å²) < 4.78 is 29.7. The minimum Gasteiger partial charge on any atom is -0.254 e. The topological polar surface area (TPSA) is 39.5 Å². The van der Waals surface area contributed by atoms with Gasteiger partial charge in [0.1, 0.15) is 5.69 Å². The minimum absolute atomic E-state index is 0.613. The van der Waals surface area contributed by atoms with E-state index in [1.807, 2.05) is 40.4 Å². The predicted molar refractivity (Wildman–Crippen MR) is 79.7 cm³/mol. The van der Waals surface area contributed by atoms with Crippen molar-refractivity contribution in [1.29, 1.82) is 0 Å². The molecule has 0 aromatic carbocycles. The molecule has 0 N–H and O–H groups in total. The maximum Gasteiger partial charge on any atom is 0.271 e. The maximum absolute atomic E-state index is 8.09. The number of imidazole rings is 1. The normalized spacial score (nSPS) is 15.8. The Morgan fingerprint density at radius 2 is 2.05 bits per heavy atom. The van der Waals surface area contributed by atoms with E-state index in [0.29, 0.717) is 17.9 Å². The number of fused-ring (bicyclic) bond motifs is 7. The van der Waals surface area contributed by atoms with E-state index < -0.39 is 6.98 Å². The lowest BCUT2D eigenvalue weighted by Gasteiger charge is -1.96. The van der Waals surface area contributed by atoms with Gasteiger partial charge in [-0.15, -0.1) is 0 Å². The van der Waals surface area contributed by atoms with Crippen LogP contribution in [0.4, 0.5) is 0 Å². The average molecular weight is 279 g/mol. The molecule has 0 bridgehead atoms. The number of aryl methyl sites for hydroxylation is 2. The zero-order valence-corrected chi connectivity index (χ0v) is 11.4. The van der Waals surface area contributed by atoms with Gasteiger partial charge in [0.15, 0.2) is 5.52 Å². The highest BCUT2D eigenvalue weighted by atomic mass is 15.3. The summed E-state index contributed by atoms with van der Waals surface area (Å²) in [7, 11) is 1.92. The molecule has 5 nitrogen and oxygen atoms in total. The van der Waals surface area contributed by atoms with Gasteiger partial charge in [0, 0.05) is 18.0 Å². The Hall–Kier alpha value is -2.69. The van der Waals surface area contributed by atoms with Crippen LogP contribution in [0.3, 0.4) is 0 Å². The first kappa shape index (κ1) is 8.56. The predicted octanol–water partition coefficient (Wildman–Crippen LogP) is 1.78. The van der Waals surface area contributed by atoms with Crippen LogP contribution in [0, 0.1) is 0 Å². The number of nitrogens with zero attached hydrogens (tertiary/aromatic N) is 5. The second kappa shape index (κ2) is 3.49. The summed E-state index contributed by atoms with van der Waals surface area (Å²) in [6.07, 6.45) is 3.43. The molecule has 1 aliphatic rings. The minimum atomic E-state index is -2.30. The number of rotatable bonds is 0. The van der Waals surface area contributed by atoms with Crippen LogP contribution in [0.15, 0.2) is 36.7 Å². The summed E-state index contributed by atoms with van der Waals surface area (Å²) in [5, 5.41) is 0.838. The zero-order valence-electron chi connectivity index (χ0n) is 14.4. The van der Waals surface area contributed by atoms with E-state index in [2.05, 4.69) is 9.97 Å². The molecule has 0 aliphatic carbocycles. The standard InChI is InChI=1S/C16H14N5/c1-19-13-11-6-4-8-18-14(11)20(2)16(13)21-9-10-5-3-7-17-12(10)15(19)21/h3-8H,9H2,1-2H3/q+1/i1D3. The molecular weight excluding hydrogens is 262 g/mol. The van der Waals surface area contributed by atoms with E-state index in [0.717, 1.165) is 27.9 Å². The molecule has 0 unspecified atom stereocenters. The highest BCUT2D eigenvalue weighted by Crippen LogP contribution is 2.33. The van der Waals surface area contributed by atoms with Gasteiger partial charge in [-0.3, -0.25) is 4.57 Å². The van der Waals surface area contributed by atoms with E-state index in [4.69, 9.17) is 4.11 Å². The molecular formula is C16H14N5+. The molecule has 4 aromatic heterocycles. The van der Waals surface area contributed by atoms with E-state index >= 15 is 0 Å². The van der Waals surface area contributed by atoms with E-state index in [9.17, 15) is 0 Å². The van der Waals surface area contributed by atoms with Crippen molar-refractivity contribution >= 4 is 22.2 Å². The van der Waals surface area contributed by atoms with E-state index in [-0.39, 0.29) is 0 Å². The second-order valence-electron chi connectivity index (χ2n) is 5.36. The Morgan fingerprint density at radius 3 is 2.95 bits per heavy atom. The third kappa shape index (κ3) is 1.15. The number of aromatic nitrogens is 5. The zero-order chi connectivity index (χ0) is 16.6. The van der Waals surface area contributed by atoms with Crippen molar-refractivity contribution in [3.05, 3.63) is 42.2 Å². The summed E-state index contributed by atoms with van der Waals surface area (Å²) in [5.41, 5.74) is 4.09. The smallest absolute Gasteiger partial charge is 0.254 e. The molecule has 4 aromatic rings. The first-order chi connectivity index (χ1) is 11.5. The number of pyridine rings is 2. The lowest BCUT2D eigenvalue weighted by molar-refractivity contribution is -0.648. The van der Waals surface area contributed by atoms with Gasteiger partial charge >= 0.3 is 0 Å². The fourth-order valence-electron chi connectivity index (χ4n) is 3.41. The summed E-state index contributed by atoms with van der Waals surface area (Å²) in [6.45, 7) is -1.69. The molecule has 0 amide bonds. The van der Waals surface area contributed by atoms with Gasteiger partial charge in [-0.25, -0.2) is 19.1 Å². The Morgan fingerprint density at radius 1 is 1.19 bits per heavy atom. The van der Waals surface area contributed by atoms with Crippen molar-refractivity contribution in [3.63, 3.8) is 0 Å². The van der Waals surface area contributed by atoms with Crippen LogP contribution in [0.1, 0.15) is 9.68 Å². The first-order valence-electron chi connectivity index (χ1n) is 8.31. The molecule has 21 heavy (non-hydrogen) atoms. The van der Waals surface area contributed by atoms with Crippen molar-refractivity contribution in [1.82, 2.24) is 19.1 Å². The van der Waals surface area contributed by atoms with Crippen LogP contribution in [-0.4, -0.2) is 19.1 Å². The van der Waals surface area contributed by atoms with Crippen molar-refractivity contribution < 1.29 is 8.68 Å². The third-order valence-electron chi connectivity index (χ3n) is 4.27. The highest BCUT2D eigenvalue weighted by Gasteiger charge is 2.35. The van der Waals surface area contributed by atoms with Crippen molar-refractivity contribution in [3.8, 4) is 11.5 Å². The molecule has 5 heterocycles. The highest BCUT2D eigenvalue weighted by molar-refractivity contribution is 6.03. The summed E-state index contributed by atoms with van der Waals surface area (Å²) in [5.74, 6) is 0.636. The van der Waals surface area contributed by atoms with Crippen LogP contribution in [0.5, 0.6) is 0 Å². The van der Waals surface area contributed by atoms with Crippen LogP contribution in [0.2, 0.25) is 0 Å². The van der Waals surface area contributed by atoms with Gasteiger partial charge in [-0.05, 0) is 18.2 Å². The molecule has 5 rings (SSSR count). The Bertz CT molecular complexity index is 1140. The van der Waals surface area contributed by atoms with Gasteiger partial charge < -0.3 is 0 Å². The van der Waals surface area contributed by atoms with Crippen LogP contribution in [-0.2, 0) is 20.6 Å². The molecule has 1 aliphatic heterocycles. The number of hydrogen-bond acceptors (Lipinski definition) is 2. The van der Waals surface area contributed by atoms with Crippen LogP contribution < -0.4 is 4.57 Å². The fourth-order valence-corrected chi connectivity index (χ4v) is 3.41. The monoisotopic (exact) mass is 279 g/mol. The molecule has 102 valence electrons. The molecule has 0 atom stereocenters. The largest absolute Gasteiger partial charge is 0.271 e. The third-order valence-corrected chi connectivity index (χ3v) is 4.27. The fraction of sp³-hybridized carbons (Fsp3) is 0.188. The van der Waals surface area contributed by atoms with Crippen LogP contribution in [0.25, 0.3) is 33.7 Å². The Labute approximate surface area is 125 Å². The van der Waals surface area contributed by atoms with Crippen molar-refractivity contribution in [2.75, 3.05) is 0 Å². The van der Waals surface area contributed by atoms with Gasteiger partial charge in [0.2, 0.25) is 5.65 Å². The lowest BCUT2D eigenvalue weighted by Crippen LogP contribution is -2.33. The molecule has 0 radical (unpaired) electrons. The van der Waals surface area contributed by atoms with Gasteiger partial charge in [0.25, 0.3) is 11.5 Å².